The molecule has 6 heteroatoms. The number of carbonyl (C=O) groups excluding carboxylic acids is 1. The summed E-state index contributed by atoms with van der Waals surface area (Å²) < 4.78 is 0. The first-order valence-corrected chi connectivity index (χ1v) is 6.69. The molecule has 1 saturated heterocycles. The van der Waals surface area contributed by atoms with Gasteiger partial charge in [-0.1, -0.05) is 6.92 Å². The highest BCUT2D eigenvalue weighted by Gasteiger charge is 2.28. The van der Waals surface area contributed by atoms with Gasteiger partial charge in [0.15, 0.2) is 5.13 Å². The average molecular weight is 255 g/mol. The molecular weight excluding hydrogens is 238 g/mol. The SMILES string of the molecule is CCc1cnc(NC(=O)N2CCC[C@H]2CO)s1. The van der Waals surface area contributed by atoms with Crippen LogP contribution in [0.3, 0.4) is 0 Å². The quantitative estimate of drug-likeness (QED) is 0.864. The third kappa shape index (κ3) is 2.76. The van der Waals surface area contributed by atoms with Gasteiger partial charge in [0.1, 0.15) is 0 Å². The van der Waals surface area contributed by atoms with Crippen molar-refractivity contribution in [3.8, 4) is 0 Å². The molecule has 0 aliphatic carbocycles. The Kier molecular flexibility index (Phi) is 3.96. The Morgan fingerprint density at radius 3 is 3.24 bits per heavy atom. The number of hydrogen-bond donors (Lipinski definition) is 2. The monoisotopic (exact) mass is 255 g/mol. The van der Waals surface area contributed by atoms with E-state index in [-0.39, 0.29) is 18.7 Å². The lowest BCUT2D eigenvalue weighted by molar-refractivity contribution is 0.166. The lowest BCUT2D eigenvalue weighted by atomic mass is 10.2. The standard InChI is InChI=1S/C11H17N3O2S/c1-2-9-6-12-10(17-9)13-11(16)14-5-3-4-8(14)7-15/h6,8,15H,2-5,7H2,1H3,(H,12,13,16)/t8-/m0/s1. The number of aromatic nitrogens is 1. The van der Waals surface area contributed by atoms with Crippen LogP contribution in [0.15, 0.2) is 6.20 Å². The van der Waals surface area contributed by atoms with Crippen molar-refractivity contribution in [2.45, 2.75) is 32.2 Å². The van der Waals surface area contributed by atoms with Crippen molar-refractivity contribution in [2.24, 2.45) is 0 Å². The molecule has 2 rings (SSSR count). The minimum absolute atomic E-state index is 0.0332. The Morgan fingerprint density at radius 1 is 1.76 bits per heavy atom. The zero-order valence-corrected chi connectivity index (χ0v) is 10.7. The Labute approximate surface area is 104 Å². The molecule has 0 unspecified atom stereocenters. The summed E-state index contributed by atoms with van der Waals surface area (Å²) in [5.74, 6) is 0. The van der Waals surface area contributed by atoms with Gasteiger partial charge in [-0.3, -0.25) is 5.32 Å². The number of amides is 2. The molecule has 1 aromatic heterocycles. The average Bonchev–Trinajstić information content (AvgIpc) is 2.96. The summed E-state index contributed by atoms with van der Waals surface area (Å²) in [6.45, 7) is 2.80. The third-order valence-corrected chi connectivity index (χ3v) is 4.02. The fourth-order valence-electron chi connectivity index (χ4n) is 1.98. The maximum atomic E-state index is 12.0. The van der Waals surface area contributed by atoms with Crippen molar-refractivity contribution >= 4 is 22.5 Å². The van der Waals surface area contributed by atoms with E-state index in [1.54, 1.807) is 11.1 Å². The van der Waals surface area contributed by atoms with Crippen LogP contribution in [0.1, 0.15) is 24.6 Å². The molecule has 1 atom stereocenters. The van der Waals surface area contributed by atoms with Gasteiger partial charge in [0.25, 0.3) is 0 Å². The summed E-state index contributed by atoms with van der Waals surface area (Å²) in [5.41, 5.74) is 0. The third-order valence-electron chi connectivity index (χ3n) is 2.96. The topological polar surface area (TPSA) is 65.5 Å². The van der Waals surface area contributed by atoms with E-state index in [9.17, 15) is 4.79 Å². The summed E-state index contributed by atoms with van der Waals surface area (Å²) in [5, 5.41) is 12.6. The van der Waals surface area contributed by atoms with Crippen molar-refractivity contribution < 1.29 is 9.90 Å². The van der Waals surface area contributed by atoms with Gasteiger partial charge in [-0.15, -0.1) is 11.3 Å². The summed E-state index contributed by atoms with van der Waals surface area (Å²) in [4.78, 5) is 18.9. The molecule has 1 aliphatic rings. The molecule has 0 saturated carbocycles. The fraction of sp³-hybridized carbons (Fsp3) is 0.636. The summed E-state index contributed by atoms with van der Waals surface area (Å²) in [7, 11) is 0. The molecule has 0 aromatic carbocycles. The van der Waals surface area contributed by atoms with Crippen LogP contribution in [0.2, 0.25) is 0 Å². The van der Waals surface area contributed by atoms with Gasteiger partial charge in [0.2, 0.25) is 0 Å². The first kappa shape index (κ1) is 12.3. The van der Waals surface area contributed by atoms with E-state index in [2.05, 4.69) is 17.2 Å². The lowest BCUT2D eigenvalue weighted by Gasteiger charge is -2.22. The number of anilines is 1. The van der Waals surface area contributed by atoms with Gasteiger partial charge in [0.05, 0.1) is 12.6 Å². The molecule has 0 bridgehead atoms. The number of hydrogen-bond acceptors (Lipinski definition) is 4. The van der Waals surface area contributed by atoms with Gasteiger partial charge in [0, 0.05) is 17.6 Å². The predicted octanol–water partition coefficient (Wildman–Crippen LogP) is 1.69. The van der Waals surface area contributed by atoms with Crippen LogP contribution in [-0.2, 0) is 6.42 Å². The van der Waals surface area contributed by atoms with Gasteiger partial charge in [-0.25, -0.2) is 9.78 Å². The normalized spacial score (nSPS) is 19.6. The molecule has 0 spiro atoms. The number of carbonyl (C=O) groups is 1. The summed E-state index contributed by atoms with van der Waals surface area (Å²) >= 11 is 1.50. The number of urea groups is 1. The maximum Gasteiger partial charge on any atom is 0.323 e. The first-order valence-electron chi connectivity index (χ1n) is 5.87. The van der Waals surface area contributed by atoms with Crippen LogP contribution in [0.4, 0.5) is 9.93 Å². The molecule has 2 N–H and O–H groups in total. The first-order chi connectivity index (χ1) is 8.24. The molecule has 0 radical (unpaired) electrons. The molecule has 2 amide bonds. The molecular formula is C11H17N3O2S. The van der Waals surface area contributed by atoms with Gasteiger partial charge in [-0.2, -0.15) is 0 Å². The minimum atomic E-state index is -0.154. The Hall–Kier alpha value is -1.14. The van der Waals surface area contributed by atoms with Crippen molar-refractivity contribution in [2.75, 3.05) is 18.5 Å². The number of aliphatic hydroxyl groups is 1. The van der Waals surface area contributed by atoms with Crippen LogP contribution < -0.4 is 5.32 Å². The van der Waals surface area contributed by atoms with E-state index in [0.717, 1.165) is 24.1 Å². The summed E-state index contributed by atoms with van der Waals surface area (Å²) in [6.07, 6.45) is 4.54. The molecule has 94 valence electrons. The Morgan fingerprint density at radius 2 is 2.59 bits per heavy atom. The Balaban J connectivity index is 1.96. The fourth-order valence-corrected chi connectivity index (χ4v) is 2.73. The second-order valence-electron chi connectivity index (χ2n) is 4.09. The van der Waals surface area contributed by atoms with Crippen molar-refractivity contribution in [1.29, 1.82) is 0 Å². The minimum Gasteiger partial charge on any atom is -0.394 e. The highest BCUT2D eigenvalue weighted by Crippen LogP contribution is 2.21. The number of nitrogens with zero attached hydrogens (tertiary/aromatic N) is 2. The van der Waals surface area contributed by atoms with Crippen LogP contribution in [0.25, 0.3) is 0 Å². The van der Waals surface area contributed by atoms with Crippen LogP contribution in [-0.4, -0.2) is 40.2 Å². The number of likely N-dealkylation sites (tertiary alicyclic amines) is 1. The molecule has 1 aliphatic heterocycles. The zero-order valence-electron chi connectivity index (χ0n) is 9.85. The van der Waals surface area contributed by atoms with E-state index in [1.165, 1.54) is 11.3 Å². The van der Waals surface area contributed by atoms with Crippen molar-refractivity contribution in [3.63, 3.8) is 0 Å². The number of thiazole rings is 1. The number of aryl methyl sites for hydroxylation is 1. The highest BCUT2D eigenvalue weighted by molar-refractivity contribution is 7.15. The second kappa shape index (κ2) is 5.46. The van der Waals surface area contributed by atoms with Gasteiger partial charge < -0.3 is 10.0 Å². The Bertz CT molecular complexity index is 394. The summed E-state index contributed by atoms with van der Waals surface area (Å²) in [6, 6.07) is -0.195. The van der Waals surface area contributed by atoms with E-state index in [0.29, 0.717) is 11.7 Å². The molecule has 1 aromatic rings. The molecule has 17 heavy (non-hydrogen) atoms. The lowest BCUT2D eigenvalue weighted by Crippen LogP contribution is -2.40. The van der Waals surface area contributed by atoms with Crippen LogP contribution in [0, 0.1) is 0 Å². The van der Waals surface area contributed by atoms with Crippen LogP contribution >= 0.6 is 11.3 Å². The molecule has 5 nitrogen and oxygen atoms in total. The maximum absolute atomic E-state index is 12.0. The largest absolute Gasteiger partial charge is 0.394 e. The van der Waals surface area contributed by atoms with Gasteiger partial charge in [-0.05, 0) is 19.3 Å². The zero-order chi connectivity index (χ0) is 12.3. The molecule has 1 fully saturated rings. The molecule has 2 heterocycles. The van der Waals surface area contributed by atoms with Crippen LogP contribution in [0.5, 0.6) is 0 Å². The second-order valence-corrected chi connectivity index (χ2v) is 5.20. The number of aliphatic hydroxyl groups excluding tert-OH is 1. The van der Waals surface area contributed by atoms with Crippen molar-refractivity contribution in [1.82, 2.24) is 9.88 Å². The smallest absolute Gasteiger partial charge is 0.323 e. The predicted molar refractivity (Wildman–Crippen MR) is 67.3 cm³/mol. The van der Waals surface area contributed by atoms with Crippen molar-refractivity contribution in [3.05, 3.63) is 11.1 Å². The van der Waals surface area contributed by atoms with E-state index in [1.807, 2.05) is 0 Å². The number of rotatable bonds is 3. The van der Waals surface area contributed by atoms with Gasteiger partial charge >= 0.3 is 6.03 Å². The van der Waals surface area contributed by atoms with E-state index >= 15 is 0 Å². The highest BCUT2D eigenvalue weighted by atomic mass is 32.1. The number of nitrogens with one attached hydrogen (secondary N) is 1. The van der Waals surface area contributed by atoms with E-state index < -0.39 is 0 Å². The van der Waals surface area contributed by atoms with E-state index in [4.69, 9.17) is 5.11 Å².